The van der Waals surface area contributed by atoms with Crippen molar-refractivity contribution in [2.45, 2.75) is 6.04 Å². The van der Waals surface area contributed by atoms with Crippen molar-refractivity contribution in [2.75, 3.05) is 38.6 Å². The Morgan fingerprint density at radius 3 is 2.70 bits per heavy atom. The molecule has 2 heterocycles. The van der Waals surface area contributed by atoms with Crippen LogP contribution in [0.1, 0.15) is 10.5 Å². The molecule has 1 aromatic rings. The highest BCUT2D eigenvalue weighted by Crippen LogP contribution is 2.15. The van der Waals surface area contributed by atoms with E-state index >= 15 is 0 Å². The number of carbonyl (C=O) groups excluding carboxylic acids is 1. The van der Waals surface area contributed by atoms with Crippen molar-refractivity contribution in [3.63, 3.8) is 0 Å². The van der Waals surface area contributed by atoms with Gasteiger partial charge in [-0.25, -0.2) is 4.79 Å². The average molecular weight is 279 g/mol. The number of carboxylic acids is 1. The molecule has 0 aromatic carbocycles. The highest BCUT2D eigenvalue weighted by atomic mass is 16.4. The molecule has 1 aliphatic rings. The SMILES string of the molecule is CN(C)C(=O)c1ccc(N2CCNCC2C(=O)O)nn1. The van der Waals surface area contributed by atoms with Crippen LogP contribution in [0.5, 0.6) is 0 Å². The van der Waals surface area contributed by atoms with Crippen molar-refractivity contribution < 1.29 is 14.7 Å². The van der Waals surface area contributed by atoms with E-state index in [0.29, 0.717) is 25.5 Å². The summed E-state index contributed by atoms with van der Waals surface area (Å²) in [6.07, 6.45) is 0. The lowest BCUT2D eigenvalue weighted by atomic mass is 10.2. The van der Waals surface area contributed by atoms with E-state index in [1.165, 1.54) is 4.90 Å². The fourth-order valence-corrected chi connectivity index (χ4v) is 2.02. The predicted octanol–water partition coefficient (Wildman–Crippen LogP) is -0.959. The van der Waals surface area contributed by atoms with Gasteiger partial charge >= 0.3 is 5.97 Å². The molecule has 20 heavy (non-hydrogen) atoms. The molecule has 8 nitrogen and oxygen atoms in total. The molecule has 0 aliphatic carbocycles. The number of nitrogens with one attached hydrogen (secondary N) is 1. The van der Waals surface area contributed by atoms with E-state index in [0.717, 1.165) is 0 Å². The van der Waals surface area contributed by atoms with Gasteiger partial charge < -0.3 is 20.2 Å². The van der Waals surface area contributed by atoms with Crippen molar-refractivity contribution in [3.05, 3.63) is 17.8 Å². The van der Waals surface area contributed by atoms with Crippen LogP contribution < -0.4 is 10.2 Å². The minimum Gasteiger partial charge on any atom is -0.480 e. The first-order valence-electron chi connectivity index (χ1n) is 6.26. The molecule has 1 aliphatic heterocycles. The number of amides is 1. The smallest absolute Gasteiger partial charge is 0.327 e. The standard InChI is InChI=1S/C12H17N5O3/c1-16(2)11(18)8-3-4-10(15-14-8)17-6-5-13-7-9(17)12(19)20/h3-4,9,13H,5-7H2,1-2H3,(H,19,20). The average Bonchev–Trinajstić information content (AvgIpc) is 2.46. The molecule has 1 aromatic heterocycles. The van der Waals surface area contributed by atoms with Gasteiger partial charge in [0.2, 0.25) is 0 Å². The van der Waals surface area contributed by atoms with Gasteiger partial charge in [-0.1, -0.05) is 0 Å². The number of aliphatic carboxylic acids is 1. The summed E-state index contributed by atoms with van der Waals surface area (Å²) in [5.41, 5.74) is 0.237. The van der Waals surface area contributed by atoms with E-state index in [-0.39, 0.29) is 11.6 Å². The molecule has 8 heteroatoms. The first-order chi connectivity index (χ1) is 9.50. The highest BCUT2D eigenvalue weighted by Gasteiger charge is 2.29. The summed E-state index contributed by atoms with van der Waals surface area (Å²) in [6.45, 7) is 1.58. The first-order valence-corrected chi connectivity index (χ1v) is 6.26. The Balaban J connectivity index is 2.20. The summed E-state index contributed by atoms with van der Waals surface area (Å²) in [5.74, 6) is -0.680. The van der Waals surface area contributed by atoms with E-state index in [2.05, 4.69) is 15.5 Å². The number of rotatable bonds is 3. The Morgan fingerprint density at radius 1 is 1.40 bits per heavy atom. The van der Waals surface area contributed by atoms with Gasteiger partial charge in [0.15, 0.2) is 11.5 Å². The molecule has 1 amide bonds. The van der Waals surface area contributed by atoms with Crippen molar-refractivity contribution in [2.24, 2.45) is 0 Å². The molecule has 2 N–H and O–H groups in total. The molecule has 1 atom stereocenters. The van der Waals surface area contributed by atoms with E-state index in [1.54, 1.807) is 31.1 Å². The Kier molecular flexibility index (Phi) is 4.14. The zero-order valence-corrected chi connectivity index (χ0v) is 11.4. The van der Waals surface area contributed by atoms with Crippen LogP contribution >= 0.6 is 0 Å². The molecule has 1 fully saturated rings. The second-order valence-corrected chi connectivity index (χ2v) is 4.73. The summed E-state index contributed by atoms with van der Waals surface area (Å²) >= 11 is 0. The molecule has 1 unspecified atom stereocenters. The van der Waals surface area contributed by atoms with Crippen LogP contribution in [0.4, 0.5) is 5.82 Å². The van der Waals surface area contributed by atoms with Crippen molar-refractivity contribution in [1.29, 1.82) is 0 Å². The molecule has 0 radical (unpaired) electrons. The third-order valence-electron chi connectivity index (χ3n) is 3.10. The zero-order chi connectivity index (χ0) is 14.7. The minimum absolute atomic E-state index is 0.237. The van der Waals surface area contributed by atoms with E-state index in [4.69, 9.17) is 0 Å². The normalized spacial score (nSPS) is 18.7. The second-order valence-electron chi connectivity index (χ2n) is 4.73. The monoisotopic (exact) mass is 279 g/mol. The predicted molar refractivity (Wildman–Crippen MR) is 71.7 cm³/mol. The topological polar surface area (TPSA) is 98.7 Å². The minimum atomic E-state index is -0.910. The maximum absolute atomic E-state index is 11.7. The maximum atomic E-state index is 11.7. The molecule has 108 valence electrons. The number of nitrogens with zero attached hydrogens (tertiary/aromatic N) is 4. The fourth-order valence-electron chi connectivity index (χ4n) is 2.02. The van der Waals surface area contributed by atoms with Crippen LogP contribution in [0, 0.1) is 0 Å². The lowest BCUT2D eigenvalue weighted by molar-refractivity contribution is -0.138. The lowest BCUT2D eigenvalue weighted by Gasteiger charge is -2.33. The van der Waals surface area contributed by atoms with Crippen LogP contribution in [-0.4, -0.2) is 71.9 Å². The first kappa shape index (κ1) is 14.2. The van der Waals surface area contributed by atoms with E-state index in [9.17, 15) is 14.7 Å². The molecular weight excluding hydrogens is 262 g/mol. The maximum Gasteiger partial charge on any atom is 0.327 e. The zero-order valence-electron chi connectivity index (χ0n) is 11.4. The lowest BCUT2D eigenvalue weighted by Crippen LogP contribution is -2.55. The van der Waals surface area contributed by atoms with Gasteiger partial charge in [-0.15, -0.1) is 10.2 Å². The fraction of sp³-hybridized carbons (Fsp3) is 0.500. The summed E-state index contributed by atoms with van der Waals surface area (Å²) in [4.78, 5) is 26.0. The second kappa shape index (κ2) is 5.83. The Labute approximate surface area is 116 Å². The Bertz CT molecular complexity index is 502. The van der Waals surface area contributed by atoms with E-state index < -0.39 is 12.0 Å². The molecular formula is C12H17N5O3. The van der Waals surface area contributed by atoms with Crippen molar-refractivity contribution in [1.82, 2.24) is 20.4 Å². The Hall–Kier alpha value is -2.22. The quantitative estimate of drug-likeness (QED) is 0.735. The van der Waals surface area contributed by atoms with Gasteiger partial charge in [-0.05, 0) is 12.1 Å². The van der Waals surface area contributed by atoms with Gasteiger partial charge in [0.1, 0.15) is 6.04 Å². The number of hydrogen-bond acceptors (Lipinski definition) is 6. The summed E-state index contributed by atoms with van der Waals surface area (Å²) in [7, 11) is 3.27. The van der Waals surface area contributed by atoms with Gasteiger partial charge in [0, 0.05) is 33.7 Å². The van der Waals surface area contributed by atoms with Crippen LogP contribution in [0.15, 0.2) is 12.1 Å². The van der Waals surface area contributed by atoms with Gasteiger partial charge in [-0.2, -0.15) is 0 Å². The number of hydrogen-bond donors (Lipinski definition) is 2. The number of piperazine rings is 1. The van der Waals surface area contributed by atoms with Crippen LogP contribution in [0.25, 0.3) is 0 Å². The van der Waals surface area contributed by atoms with Gasteiger partial charge in [0.25, 0.3) is 5.91 Å². The van der Waals surface area contributed by atoms with Crippen LogP contribution in [0.3, 0.4) is 0 Å². The van der Waals surface area contributed by atoms with Crippen molar-refractivity contribution in [3.8, 4) is 0 Å². The van der Waals surface area contributed by atoms with Gasteiger partial charge in [-0.3, -0.25) is 4.79 Å². The van der Waals surface area contributed by atoms with Gasteiger partial charge in [0.05, 0.1) is 0 Å². The molecule has 2 rings (SSSR count). The Morgan fingerprint density at radius 2 is 2.15 bits per heavy atom. The molecule has 0 bridgehead atoms. The summed E-state index contributed by atoms with van der Waals surface area (Å²) in [5, 5.41) is 20.1. The molecule has 1 saturated heterocycles. The highest BCUT2D eigenvalue weighted by molar-refractivity contribution is 5.91. The number of anilines is 1. The number of carboxylic acid groups (broad SMARTS) is 1. The third-order valence-corrected chi connectivity index (χ3v) is 3.10. The molecule has 0 saturated carbocycles. The number of aromatic nitrogens is 2. The third kappa shape index (κ3) is 2.85. The van der Waals surface area contributed by atoms with Crippen molar-refractivity contribution >= 4 is 17.7 Å². The van der Waals surface area contributed by atoms with E-state index in [1.807, 2.05) is 0 Å². The summed E-state index contributed by atoms with van der Waals surface area (Å²) in [6, 6.07) is 2.52. The van der Waals surface area contributed by atoms with Crippen LogP contribution in [0.2, 0.25) is 0 Å². The van der Waals surface area contributed by atoms with Crippen LogP contribution in [-0.2, 0) is 4.79 Å². The largest absolute Gasteiger partial charge is 0.480 e. The summed E-state index contributed by atoms with van der Waals surface area (Å²) < 4.78 is 0. The molecule has 0 spiro atoms. The number of carbonyl (C=O) groups is 2.